The van der Waals surface area contributed by atoms with Crippen molar-refractivity contribution in [1.82, 2.24) is 0 Å². The topological polar surface area (TPSA) is 0 Å². The van der Waals surface area contributed by atoms with E-state index in [1.54, 1.807) is 29.5 Å². The first-order valence-electron chi connectivity index (χ1n) is 12.0. The Balaban J connectivity index is 1.52. The molecular formula is C32H18Te3. The van der Waals surface area contributed by atoms with Gasteiger partial charge in [-0.15, -0.1) is 0 Å². The standard InChI is InChI=1S/C32H18Te3/c1-3-11-19(12-4-1)27-29-25-26-30(33-29)28(20-13-5-2-6-14-20)35-32(26)23-17-9-7-15-21(23)31(25,34-27)22-16-8-10-18-24(22)32/h1-18H. The zero-order valence-electron chi connectivity index (χ0n) is 18.6. The molecule has 35 heavy (non-hydrogen) atoms. The molecule has 0 saturated heterocycles. The summed E-state index contributed by atoms with van der Waals surface area (Å²) in [6, 6.07) is 42.1. The predicted octanol–water partition coefficient (Wildman–Crippen LogP) is 3.70. The van der Waals surface area contributed by atoms with E-state index in [-0.39, 0.29) is 6.93 Å². The van der Waals surface area contributed by atoms with E-state index >= 15 is 0 Å². The van der Waals surface area contributed by atoms with Crippen molar-refractivity contribution in [3.63, 3.8) is 0 Å². The summed E-state index contributed by atoms with van der Waals surface area (Å²) in [6.07, 6.45) is 0. The van der Waals surface area contributed by atoms with Crippen molar-refractivity contribution in [2.45, 2.75) is 6.93 Å². The van der Waals surface area contributed by atoms with Crippen LogP contribution in [0.25, 0.3) is 7.24 Å². The van der Waals surface area contributed by atoms with Gasteiger partial charge in [-0.1, -0.05) is 0 Å². The molecule has 5 aliphatic rings. The molecule has 0 N–H and O–H groups in total. The predicted molar refractivity (Wildman–Crippen MR) is 145 cm³/mol. The molecule has 10 rings (SSSR count). The van der Waals surface area contributed by atoms with Gasteiger partial charge in [-0.05, 0) is 0 Å². The van der Waals surface area contributed by atoms with Gasteiger partial charge in [0.1, 0.15) is 0 Å². The molecule has 0 nitrogen and oxygen atoms in total. The van der Waals surface area contributed by atoms with Crippen LogP contribution >= 0.6 is 0 Å². The molecule has 0 amide bonds. The van der Waals surface area contributed by atoms with Crippen LogP contribution in [0.1, 0.15) is 44.5 Å². The first kappa shape index (κ1) is 20.5. The number of hydrogen-bond donors (Lipinski definition) is 0. The van der Waals surface area contributed by atoms with Gasteiger partial charge in [-0.3, -0.25) is 0 Å². The van der Waals surface area contributed by atoms with Gasteiger partial charge in [0.25, 0.3) is 0 Å². The van der Waals surface area contributed by atoms with Crippen molar-refractivity contribution in [2.75, 3.05) is 0 Å². The van der Waals surface area contributed by atoms with Crippen molar-refractivity contribution in [1.29, 1.82) is 0 Å². The van der Waals surface area contributed by atoms with E-state index in [9.17, 15) is 0 Å². The Hall–Kier alpha value is -1.53. The van der Waals surface area contributed by atoms with Crippen LogP contribution < -0.4 is 6.47 Å². The van der Waals surface area contributed by atoms with E-state index in [4.69, 9.17) is 0 Å². The van der Waals surface area contributed by atoms with E-state index in [2.05, 4.69) is 109 Å². The molecule has 0 fully saturated rings. The first-order chi connectivity index (χ1) is 17.3. The molecule has 2 aliphatic heterocycles. The Kier molecular flexibility index (Phi) is 4.14. The fourth-order valence-corrected chi connectivity index (χ4v) is 24.3. The number of benzene rings is 4. The zero-order chi connectivity index (χ0) is 22.8. The van der Waals surface area contributed by atoms with Crippen LogP contribution in [0.15, 0.2) is 109 Å². The van der Waals surface area contributed by atoms with Crippen molar-refractivity contribution in [3.05, 3.63) is 160 Å². The summed E-state index contributed by atoms with van der Waals surface area (Å²) in [5.74, 6) is 0. The van der Waals surface area contributed by atoms with E-state index in [0.29, 0.717) is 0 Å². The van der Waals surface area contributed by atoms with Crippen LogP contribution in [0.5, 0.6) is 0 Å². The fourth-order valence-electron chi connectivity index (χ4n) is 6.73. The summed E-state index contributed by atoms with van der Waals surface area (Å²) in [5.41, 5.74) is 13.3. The van der Waals surface area contributed by atoms with Gasteiger partial charge >= 0.3 is 237 Å². The normalized spacial score (nSPS) is 23.9. The average Bonchev–Trinajstić information content (AvgIpc) is 3.59. The molecule has 2 spiro atoms. The second kappa shape index (κ2) is 7.06. The molecule has 1 aromatic heterocycles. The van der Waals surface area contributed by atoms with Gasteiger partial charge in [0.15, 0.2) is 0 Å². The summed E-state index contributed by atoms with van der Waals surface area (Å²) < 4.78 is 7.42. The summed E-state index contributed by atoms with van der Waals surface area (Å²) in [7, 11) is 0. The number of hydrogen-bond acceptors (Lipinski definition) is 0. The van der Waals surface area contributed by atoms with Crippen molar-refractivity contribution in [2.24, 2.45) is 0 Å². The second-order valence-electron chi connectivity index (χ2n) is 9.56. The van der Waals surface area contributed by atoms with Crippen molar-refractivity contribution < 1.29 is 0 Å². The van der Waals surface area contributed by atoms with Crippen LogP contribution in [0.2, 0.25) is 0 Å². The SMILES string of the molecule is c1ccc(C2=c3[te]c4c5c3C3([Te]2)c2ccccc2C5([Te]C=4c2ccccc2)c2ccccc23)cc1. The monoisotopic (exact) mass is 792 g/mol. The van der Waals surface area contributed by atoms with Crippen molar-refractivity contribution >= 4 is 69.5 Å². The van der Waals surface area contributed by atoms with Crippen LogP contribution in [0, 0.1) is 0 Å². The molecule has 3 aliphatic carbocycles. The Morgan fingerprint density at radius 3 is 1.11 bits per heavy atom. The second-order valence-corrected chi connectivity index (χ2v) is 19.5. The third kappa shape index (κ3) is 2.30. The van der Waals surface area contributed by atoms with Crippen LogP contribution in [-0.2, 0) is 6.93 Å². The molecule has 0 atom stereocenters. The van der Waals surface area contributed by atoms with E-state index in [1.165, 1.54) is 11.1 Å². The molecular weight excluding hydrogens is 767 g/mol. The minimum atomic E-state index is -0.493. The van der Waals surface area contributed by atoms with Crippen LogP contribution in [0.3, 0.4) is 0 Å². The van der Waals surface area contributed by atoms with Gasteiger partial charge in [-0.25, -0.2) is 0 Å². The van der Waals surface area contributed by atoms with E-state index < -0.39 is 62.3 Å². The van der Waals surface area contributed by atoms with Gasteiger partial charge in [0.2, 0.25) is 0 Å². The third-order valence-corrected chi connectivity index (χ3v) is 23.1. The average molecular weight is 785 g/mol. The number of rotatable bonds is 2. The van der Waals surface area contributed by atoms with Gasteiger partial charge in [0.05, 0.1) is 0 Å². The molecule has 3 heterocycles. The summed E-state index contributed by atoms with van der Waals surface area (Å²) >= 11 is -1.40. The molecule has 4 aromatic carbocycles. The molecule has 3 heteroatoms. The fraction of sp³-hybridized carbons (Fsp3) is 0.0625. The Morgan fingerprint density at radius 2 is 0.743 bits per heavy atom. The third-order valence-electron chi connectivity index (χ3n) is 7.98. The summed E-state index contributed by atoms with van der Waals surface area (Å²) in [5, 5.41) is 0. The maximum absolute atomic E-state index is 2.51. The first-order valence-corrected chi connectivity index (χ1v) is 18.9. The van der Waals surface area contributed by atoms with Gasteiger partial charge in [-0.2, -0.15) is 0 Å². The van der Waals surface area contributed by atoms with Crippen molar-refractivity contribution in [3.8, 4) is 0 Å². The van der Waals surface area contributed by atoms with E-state index in [0.717, 1.165) is 0 Å². The van der Waals surface area contributed by atoms with Gasteiger partial charge in [0, 0.05) is 0 Å². The molecule has 0 radical (unpaired) electrons. The molecule has 164 valence electrons. The molecule has 0 saturated carbocycles. The quantitative estimate of drug-likeness (QED) is 0.240. The molecule has 2 bridgehead atoms. The Bertz CT molecular complexity index is 1660. The summed E-state index contributed by atoms with van der Waals surface area (Å²) in [4.78, 5) is 0. The Labute approximate surface area is 234 Å². The zero-order valence-corrected chi connectivity index (χ0v) is 25.6. The van der Waals surface area contributed by atoms with Crippen LogP contribution in [0.4, 0.5) is 0 Å². The van der Waals surface area contributed by atoms with E-state index in [1.807, 2.05) is 17.6 Å². The van der Waals surface area contributed by atoms with Crippen LogP contribution in [-0.4, -0.2) is 62.3 Å². The molecule has 5 aromatic rings. The molecule has 0 unspecified atom stereocenters. The Morgan fingerprint density at radius 1 is 0.400 bits per heavy atom. The summed E-state index contributed by atoms with van der Waals surface area (Å²) in [6.45, 7) is 0. The van der Waals surface area contributed by atoms with Gasteiger partial charge < -0.3 is 0 Å². The maximum atomic E-state index is 2.51. The minimum absolute atomic E-state index is 0.126.